The molecule has 9 rings (SSSR count). The van der Waals surface area contributed by atoms with Crippen LogP contribution >= 0.6 is 0 Å². The van der Waals surface area contributed by atoms with Crippen molar-refractivity contribution in [2.45, 2.75) is 122 Å². The van der Waals surface area contributed by atoms with Crippen LogP contribution in [0.3, 0.4) is 0 Å². The summed E-state index contributed by atoms with van der Waals surface area (Å²) in [6.07, 6.45) is -0.779. The molecule has 5 heterocycles. The van der Waals surface area contributed by atoms with Gasteiger partial charge in [0, 0.05) is 89.0 Å². The van der Waals surface area contributed by atoms with E-state index < -0.39 is 113 Å². The Kier molecular flexibility index (Phi) is 20.0. The fourth-order valence-electron chi connectivity index (χ4n) is 12.3. The summed E-state index contributed by atoms with van der Waals surface area (Å²) in [6, 6.07) is 14.4. The number of ether oxygens (including phenoxy) is 3. The average Bonchev–Trinajstić information content (AvgIpc) is 1.62. The Labute approximate surface area is 515 Å². The molecule has 0 aromatic heterocycles. The highest BCUT2D eigenvalue weighted by atomic mass is 19.1. The SMILES string of the molecule is C[C@@H]1COCCN1C[C@H]1CN(C(=O)O)[C@H](C)CN1CC(=O)N1CC(C)(C(=O)NCC(=O)Nc2ccc3c(c2)[C@@H](C(=O)Nc2c(F)cccc2F)N(C(=O)[C@@H](NC(=O)[C@H](C)N(C)C(=O)OC(C)(C)C)C2CCOCC2)C3)c2ccc(Cc3ccc(F)cc3)cc21. The van der Waals surface area contributed by atoms with Crippen LogP contribution in [0.2, 0.25) is 0 Å². The van der Waals surface area contributed by atoms with E-state index in [1.807, 2.05) is 24.0 Å². The maximum Gasteiger partial charge on any atom is 0.410 e. The molecule has 25 heteroatoms. The summed E-state index contributed by atoms with van der Waals surface area (Å²) < 4.78 is 61.1. The van der Waals surface area contributed by atoms with Crippen LogP contribution in [0, 0.1) is 23.4 Å². The third-order valence-corrected chi connectivity index (χ3v) is 17.5. The first-order chi connectivity index (χ1) is 42.2. The third-order valence-electron chi connectivity index (χ3n) is 17.5. The molecule has 5 aliphatic heterocycles. The molecule has 7 atom stereocenters. The van der Waals surface area contributed by atoms with Crippen LogP contribution in [0.4, 0.5) is 39.8 Å². The second-order valence-corrected chi connectivity index (χ2v) is 25.1. The number of hydrogen-bond donors (Lipinski definition) is 5. The van der Waals surface area contributed by atoms with Crippen molar-refractivity contribution >= 4 is 64.7 Å². The van der Waals surface area contributed by atoms with Gasteiger partial charge in [0.25, 0.3) is 5.91 Å². The molecule has 4 aromatic carbocycles. The van der Waals surface area contributed by atoms with Gasteiger partial charge in [-0.25, -0.2) is 22.8 Å². The number of carbonyl (C=O) groups is 8. The molecule has 0 bridgehead atoms. The first-order valence-corrected chi connectivity index (χ1v) is 30.0. The first-order valence-electron chi connectivity index (χ1n) is 30.0. The molecule has 0 radical (unpaired) electrons. The summed E-state index contributed by atoms with van der Waals surface area (Å²) in [7, 11) is 1.38. The van der Waals surface area contributed by atoms with Gasteiger partial charge < -0.3 is 55.3 Å². The lowest BCUT2D eigenvalue weighted by Gasteiger charge is -2.47. The zero-order valence-corrected chi connectivity index (χ0v) is 51.4. The number of benzene rings is 4. The molecule has 478 valence electrons. The predicted molar refractivity (Wildman–Crippen MR) is 322 cm³/mol. The lowest BCUT2D eigenvalue weighted by molar-refractivity contribution is -0.144. The zero-order chi connectivity index (χ0) is 64.2. The molecule has 3 saturated heterocycles. The smallest absolute Gasteiger partial charge is 0.410 e. The predicted octanol–water partition coefficient (Wildman–Crippen LogP) is 6.02. The normalized spacial score (nSPS) is 22.1. The van der Waals surface area contributed by atoms with Crippen molar-refractivity contribution in [3.05, 3.63) is 124 Å². The number of para-hydroxylation sites is 1. The van der Waals surface area contributed by atoms with E-state index in [2.05, 4.69) is 26.2 Å². The van der Waals surface area contributed by atoms with E-state index in [4.69, 9.17) is 14.2 Å². The van der Waals surface area contributed by atoms with Gasteiger partial charge in [-0.05, 0) is 144 Å². The molecule has 8 amide bonds. The van der Waals surface area contributed by atoms with Gasteiger partial charge in [0.2, 0.25) is 29.5 Å². The maximum absolute atomic E-state index is 15.2. The first kappa shape index (κ1) is 65.3. The number of hydrogen-bond acceptors (Lipinski definition) is 13. The Balaban J connectivity index is 0.944. The highest BCUT2D eigenvalue weighted by molar-refractivity contribution is 6.05. The Morgan fingerprint density at radius 3 is 2.20 bits per heavy atom. The van der Waals surface area contributed by atoms with Crippen molar-refractivity contribution in [2.75, 3.05) is 94.8 Å². The van der Waals surface area contributed by atoms with E-state index >= 15 is 13.6 Å². The Morgan fingerprint density at radius 1 is 0.831 bits per heavy atom. The van der Waals surface area contributed by atoms with E-state index in [-0.39, 0.29) is 75.2 Å². The molecule has 5 aliphatic rings. The summed E-state index contributed by atoms with van der Waals surface area (Å²) in [6.45, 7) is 14.1. The Hall–Kier alpha value is -8.13. The number of amides is 8. The number of anilines is 3. The number of nitrogens with one attached hydrogen (secondary N) is 4. The van der Waals surface area contributed by atoms with E-state index in [0.717, 1.165) is 34.2 Å². The number of halogens is 3. The minimum absolute atomic E-state index is 0.0664. The number of nitrogens with zero attached hydrogens (tertiary/aromatic N) is 6. The number of carbonyl (C=O) groups excluding carboxylic acids is 7. The van der Waals surface area contributed by atoms with Gasteiger partial charge in [0.15, 0.2) is 0 Å². The second kappa shape index (κ2) is 27.3. The van der Waals surface area contributed by atoms with Crippen molar-refractivity contribution < 1.29 is 70.8 Å². The van der Waals surface area contributed by atoms with Gasteiger partial charge >= 0.3 is 12.2 Å². The summed E-state index contributed by atoms with van der Waals surface area (Å²) in [5, 5.41) is 20.8. The Bertz CT molecular complexity index is 3330. The molecule has 89 heavy (non-hydrogen) atoms. The van der Waals surface area contributed by atoms with Gasteiger partial charge in [-0.3, -0.25) is 43.5 Å². The summed E-state index contributed by atoms with van der Waals surface area (Å²) in [4.78, 5) is 122. The van der Waals surface area contributed by atoms with Crippen LogP contribution in [0.15, 0.2) is 78.9 Å². The molecule has 1 unspecified atom stereocenters. The molecular weight excluding hydrogens is 1160 g/mol. The molecule has 0 aliphatic carbocycles. The molecule has 0 saturated carbocycles. The number of rotatable bonds is 17. The van der Waals surface area contributed by atoms with Crippen molar-refractivity contribution in [1.29, 1.82) is 0 Å². The van der Waals surface area contributed by atoms with Crippen LogP contribution in [0.5, 0.6) is 0 Å². The van der Waals surface area contributed by atoms with Gasteiger partial charge in [-0.15, -0.1) is 0 Å². The van der Waals surface area contributed by atoms with Crippen LogP contribution < -0.4 is 26.2 Å². The van der Waals surface area contributed by atoms with Crippen molar-refractivity contribution in [3.63, 3.8) is 0 Å². The second-order valence-electron chi connectivity index (χ2n) is 25.1. The van der Waals surface area contributed by atoms with Crippen molar-refractivity contribution in [1.82, 2.24) is 35.1 Å². The van der Waals surface area contributed by atoms with E-state index in [9.17, 15) is 43.1 Å². The van der Waals surface area contributed by atoms with Gasteiger partial charge in [0.1, 0.15) is 46.9 Å². The number of piperazine rings is 1. The summed E-state index contributed by atoms with van der Waals surface area (Å²) >= 11 is 0. The van der Waals surface area contributed by atoms with Crippen LogP contribution in [0.25, 0.3) is 0 Å². The highest BCUT2D eigenvalue weighted by Crippen LogP contribution is 2.43. The van der Waals surface area contributed by atoms with Crippen molar-refractivity contribution in [2.24, 2.45) is 5.92 Å². The number of fused-ring (bicyclic) bond motifs is 2. The highest BCUT2D eigenvalue weighted by Gasteiger charge is 2.49. The van der Waals surface area contributed by atoms with Crippen LogP contribution in [0.1, 0.15) is 95.2 Å². The molecule has 4 aromatic rings. The lowest BCUT2D eigenvalue weighted by atomic mass is 9.83. The Morgan fingerprint density at radius 2 is 1.53 bits per heavy atom. The quantitative estimate of drug-likeness (QED) is 0.0812. The van der Waals surface area contributed by atoms with Crippen molar-refractivity contribution in [3.8, 4) is 0 Å². The molecule has 3 fully saturated rings. The standard InChI is InChI=1S/C64H79F3N10O12/c1-37-30-74(46(33-75(37)61(84)85)32-73-22-25-88-35-38(73)2)34-53(79)77-36-64(7,48-19-14-41(27-51(48)77)26-40-12-16-44(65)17-13-40)60(83)68-29-52(78)69-45-18-15-43-31-76(56(47(43)28-45)58(81)71-55-49(66)10-9-11-50(55)67)59(82)54(42-20-23-87-24-21-42)70-57(80)39(3)72(8)62(86)89-63(4,5)6/h9-19,27-28,37-39,42,46,54,56H,20-26,29-36H2,1-8H3,(H,68,83)(H,69,78)(H,70,80)(H,71,81)(H,84,85)/t37-,38-,39+,46+,54+,56+,64?/m1/s1. The maximum atomic E-state index is 15.2. The monoisotopic (exact) mass is 1240 g/mol. The van der Waals surface area contributed by atoms with E-state index in [1.165, 1.54) is 48.0 Å². The number of morpholine rings is 1. The summed E-state index contributed by atoms with van der Waals surface area (Å²) in [5.74, 6) is -7.10. The van der Waals surface area contributed by atoms with Crippen LogP contribution in [-0.2, 0) is 61.4 Å². The molecule has 5 N–H and O–H groups in total. The van der Waals surface area contributed by atoms with Crippen LogP contribution in [-0.4, -0.2) is 192 Å². The third kappa shape index (κ3) is 15.0. The average molecular weight is 1240 g/mol. The lowest BCUT2D eigenvalue weighted by Crippen LogP contribution is -2.64. The minimum Gasteiger partial charge on any atom is -0.465 e. The fraction of sp³-hybridized carbons (Fsp3) is 0.500. The molecule has 22 nitrogen and oxygen atoms in total. The topological polar surface area (TPSA) is 252 Å². The molecular formula is C64H79F3N10O12. The summed E-state index contributed by atoms with van der Waals surface area (Å²) in [5.41, 5.74) is 0.258. The minimum atomic E-state index is -1.57. The largest absolute Gasteiger partial charge is 0.465 e. The zero-order valence-electron chi connectivity index (χ0n) is 51.4. The van der Waals surface area contributed by atoms with E-state index in [0.29, 0.717) is 62.4 Å². The number of likely N-dealkylation sites (N-methyl/N-ethyl adjacent to an activating group) is 1. The fourth-order valence-corrected chi connectivity index (χ4v) is 12.3. The van der Waals surface area contributed by atoms with Gasteiger partial charge in [-0.1, -0.05) is 36.4 Å². The van der Waals surface area contributed by atoms with Gasteiger partial charge in [0.05, 0.1) is 31.7 Å². The van der Waals surface area contributed by atoms with Gasteiger partial charge in [-0.2, -0.15) is 0 Å². The number of carboxylic acid groups (broad SMARTS) is 1. The van der Waals surface area contributed by atoms with E-state index in [1.54, 1.807) is 63.8 Å². The molecule has 0 spiro atoms.